The standard InChI is InChI=1S/C19H29NO2/c1-18-9-7-13(21)11-12(18)3-4-14-15-5-6-17(20-22)19(15,2)10-8-16(14)18/h3,13-16,21-22H,4-11H2,1-2H3/b20-17-/t13?,14-,15-,16-,18-,19-/m0/s1. The van der Waals surface area contributed by atoms with E-state index in [1.54, 1.807) is 0 Å². The topological polar surface area (TPSA) is 52.8 Å². The molecule has 3 fully saturated rings. The first-order valence-electron chi connectivity index (χ1n) is 9.08. The highest BCUT2D eigenvalue weighted by molar-refractivity contribution is 5.92. The number of oxime groups is 1. The lowest BCUT2D eigenvalue weighted by atomic mass is 9.48. The van der Waals surface area contributed by atoms with Crippen molar-refractivity contribution in [2.75, 3.05) is 0 Å². The molecular formula is C19H29NO2. The predicted molar refractivity (Wildman–Crippen MR) is 86.9 cm³/mol. The van der Waals surface area contributed by atoms with E-state index in [4.69, 9.17) is 0 Å². The van der Waals surface area contributed by atoms with Gasteiger partial charge in [0.25, 0.3) is 0 Å². The molecule has 0 aromatic rings. The lowest BCUT2D eigenvalue weighted by Crippen LogP contribution is -2.50. The maximum Gasteiger partial charge on any atom is 0.0632 e. The predicted octanol–water partition coefficient (Wildman–Crippen LogP) is 4.14. The van der Waals surface area contributed by atoms with Crippen LogP contribution in [-0.2, 0) is 0 Å². The molecule has 0 saturated heterocycles. The first kappa shape index (κ1) is 14.7. The van der Waals surface area contributed by atoms with Crippen LogP contribution in [0.2, 0.25) is 0 Å². The quantitative estimate of drug-likeness (QED) is 0.401. The van der Waals surface area contributed by atoms with Gasteiger partial charge in [-0.25, -0.2) is 0 Å². The number of aliphatic hydroxyl groups excluding tert-OH is 1. The summed E-state index contributed by atoms with van der Waals surface area (Å²) in [6.07, 6.45) is 11.1. The second kappa shape index (κ2) is 4.83. The number of fused-ring (bicyclic) bond motifs is 5. The molecule has 0 aromatic carbocycles. The average Bonchev–Trinajstić information content (AvgIpc) is 2.84. The summed E-state index contributed by atoms with van der Waals surface area (Å²) >= 11 is 0. The smallest absolute Gasteiger partial charge is 0.0632 e. The first-order valence-corrected chi connectivity index (χ1v) is 9.08. The molecule has 4 rings (SSSR count). The number of rotatable bonds is 0. The molecule has 0 spiro atoms. The summed E-state index contributed by atoms with van der Waals surface area (Å²) in [7, 11) is 0. The number of hydrogen-bond acceptors (Lipinski definition) is 3. The molecule has 0 heterocycles. The lowest BCUT2D eigenvalue weighted by Gasteiger charge is -2.57. The van der Waals surface area contributed by atoms with Gasteiger partial charge in [-0.2, -0.15) is 0 Å². The van der Waals surface area contributed by atoms with Gasteiger partial charge in [0.05, 0.1) is 11.8 Å². The minimum absolute atomic E-state index is 0.121. The Morgan fingerprint density at radius 3 is 2.59 bits per heavy atom. The summed E-state index contributed by atoms with van der Waals surface area (Å²) in [4.78, 5) is 0. The summed E-state index contributed by atoms with van der Waals surface area (Å²) in [5.74, 6) is 2.18. The zero-order valence-corrected chi connectivity index (χ0v) is 13.9. The Morgan fingerprint density at radius 2 is 1.82 bits per heavy atom. The van der Waals surface area contributed by atoms with Gasteiger partial charge in [0.1, 0.15) is 0 Å². The van der Waals surface area contributed by atoms with E-state index >= 15 is 0 Å². The number of allylic oxidation sites excluding steroid dienone is 1. The van der Waals surface area contributed by atoms with Crippen LogP contribution in [0.5, 0.6) is 0 Å². The minimum atomic E-state index is -0.121. The average molecular weight is 303 g/mol. The van der Waals surface area contributed by atoms with Gasteiger partial charge in [-0.05, 0) is 74.5 Å². The van der Waals surface area contributed by atoms with Crippen molar-refractivity contribution in [3.05, 3.63) is 11.6 Å². The van der Waals surface area contributed by atoms with Crippen LogP contribution in [0.4, 0.5) is 0 Å². The monoisotopic (exact) mass is 303 g/mol. The van der Waals surface area contributed by atoms with Crippen LogP contribution >= 0.6 is 0 Å². The number of aliphatic hydroxyl groups is 1. The van der Waals surface area contributed by atoms with Gasteiger partial charge in [0.2, 0.25) is 0 Å². The molecule has 4 aliphatic rings. The molecule has 1 unspecified atom stereocenters. The molecule has 122 valence electrons. The van der Waals surface area contributed by atoms with Crippen LogP contribution in [0.3, 0.4) is 0 Å². The Labute approximate surface area is 133 Å². The van der Waals surface area contributed by atoms with Gasteiger partial charge in [-0.3, -0.25) is 0 Å². The van der Waals surface area contributed by atoms with E-state index in [9.17, 15) is 10.3 Å². The Kier molecular flexibility index (Phi) is 3.24. The van der Waals surface area contributed by atoms with Crippen molar-refractivity contribution in [2.45, 2.75) is 71.3 Å². The van der Waals surface area contributed by atoms with Crippen molar-refractivity contribution in [1.82, 2.24) is 0 Å². The molecule has 4 aliphatic carbocycles. The van der Waals surface area contributed by atoms with Crippen molar-refractivity contribution in [3.63, 3.8) is 0 Å². The van der Waals surface area contributed by atoms with Gasteiger partial charge in [0, 0.05) is 5.41 Å². The molecule has 3 nitrogen and oxygen atoms in total. The van der Waals surface area contributed by atoms with E-state index in [1.807, 2.05) is 0 Å². The van der Waals surface area contributed by atoms with Crippen LogP contribution in [0, 0.1) is 28.6 Å². The van der Waals surface area contributed by atoms with E-state index in [0.717, 1.165) is 43.2 Å². The number of hydrogen-bond donors (Lipinski definition) is 2. The second-order valence-electron chi connectivity index (χ2n) is 8.70. The van der Waals surface area contributed by atoms with E-state index in [-0.39, 0.29) is 11.5 Å². The fraction of sp³-hybridized carbons (Fsp3) is 0.842. The Morgan fingerprint density at radius 1 is 1.09 bits per heavy atom. The van der Waals surface area contributed by atoms with Crippen LogP contribution in [-0.4, -0.2) is 22.1 Å². The Balaban J connectivity index is 1.69. The van der Waals surface area contributed by atoms with E-state index in [1.165, 1.54) is 31.3 Å². The molecule has 0 aromatic heterocycles. The van der Waals surface area contributed by atoms with E-state index < -0.39 is 0 Å². The fourth-order valence-electron chi connectivity index (χ4n) is 6.59. The second-order valence-corrected chi connectivity index (χ2v) is 8.70. The van der Waals surface area contributed by atoms with Gasteiger partial charge in [-0.1, -0.05) is 30.7 Å². The van der Waals surface area contributed by atoms with Crippen molar-refractivity contribution in [2.24, 2.45) is 33.7 Å². The van der Waals surface area contributed by atoms with Crippen molar-refractivity contribution in [3.8, 4) is 0 Å². The summed E-state index contributed by atoms with van der Waals surface area (Å²) in [6, 6.07) is 0. The zero-order chi connectivity index (χ0) is 15.5. The third-order valence-corrected chi connectivity index (χ3v) is 7.94. The van der Waals surface area contributed by atoms with Gasteiger partial charge < -0.3 is 10.3 Å². The highest BCUT2D eigenvalue weighted by Crippen LogP contribution is 2.64. The normalized spacial score (nSPS) is 52.7. The van der Waals surface area contributed by atoms with Gasteiger partial charge in [-0.15, -0.1) is 0 Å². The fourth-order valence-corrected chi connectivity index (χ4v) is 6.59. The molecule has 0 radical (unpaired) electrons. The molecule has 0 bridgehead atoms. The molecular weight excluding hydrogens is 274 g/mol. The first-order chi connectivity index (χ1) is 10.5. The SMILES string of the molecule is C[C@]12CCC(O)CC1=CC[C@@H]1[C@@H]2CC[C@]2(C)/C(=N\O)CC[C@@H]12. The van der Waals surface area contributed by atoms with Gasteiger partial charge in [0.15, 0.2) is 0 Å². The summed E-state index contributed by atoms with van der Waals surface area (Å²) in [5.41, 5.74) is 3.02. The van der Waals surface area contributed by atoms with Crippen molar-refractivity contribution >= 4 is 5.71 Å². The van der Waals surface area contributed by atoms with E-state index in [0.29, 0.717) is 11.3 Å². The molecule has 3 saturated carbocycles. The molecule has 22 heavy (non-hydrogen) atoms. The summed E-state index contributed by atoms with van der Waals surface area (Å²) in [6.45, 7) is 4.79. The third-order valence-electron chi connectivity index (χ3n) is 7.94. The Bertz CT molecular complexity index is 540. The zero-order valence-electron chi connectivity index (χ0n) is 13.9. The van der Waals surface area contributed by atoms with Crippen molar-refractivity contribution < 1.29 is 10.3 Å². The van der Waals surface area contributed by atoms with Crippen molar-refractivity contribution in [1.29, 1.82) is 0 Å². The summed E-state index contributed by atoms with van der Waals surface area (Å²) in [5, 5.41) is 23.1. The maximum atomic E-state index is 10.0. The minimum Gasteiger partial charge on any atom is -0.411 e. The van der Waals surface area contributed by atoms with Crippen LogP contribution in [0.25, 0.3) is 0 Å². The molecule has 0 amide bonds. The van der Waals surface area contributed by atoms with Crippen LogP contribution < -0.4 is 0 Å². The maximum absolute atomic E-state index is 10.0. The van der Waals surface area contributed by atoms with Crippen LogP contribution in [0.15, 0.2) is 16.8 Å². The van der Waals surface area contributed by atoms with Crippen LogP contribution in [0.1, 0.15) is 65.2 Å². The third kappa shape index (κ3) is 1.81. The molecule has 6 atom stereocenters. The highest BCUT2D eigenvalue weighted by Gasteiger charge is 2.57. The van der Waals surface area contributed by atoms with E-state index in [2.05, 4.69) is 25.1 Å². The Hall–Kier alpha value is -0.830. The lowest BCUT2D eigenvalue weighted by molar-refractivity contribution is -0.0213. The van der Waals surface area contributed by atoms with Gasteiger partial charge >= 0.3 is 0 Å². The number of nitrogens with zero attached hydrogens (tertiary/aromatic N) is 1. The molecule has 0 aliphatic heterocycles. The molecule has 3 heteroatoms. The highest BCUT2D eigenvalue weighted by atomic mass is 16.4. The largest absolute Gasteiger partial charge is 0.411 e. The summed E-state index contributed by atoms with van der Waals surface area (Å²) < 4.78 is 0. The molecule has 2 N–H and O–H groups in total.